The lowest BCUT2D eigenvalue weighted by Crippen LogP contribution is -2.16. The quantitative estimate of drug-likeness (QED) is 0.499. The lowest BCUT2D eigenvalue weighted by Gasteiger charge is -2.10. The highest BCUT2D eigenvalue weighted by atomic mass is 19.1. The Balaban J connectivity index is 1.65. The van der Waals surface area contributed by atoms with Crippen LogP contribution in [0.2, 0.25) is 0 Å². The van der Waals surface area contributed by atoms with Crippen molar-refractivity contribution in [3.8, 4) is 11.4 Å². The number of furan rings is 1. The van der Waals surface area contributed by atoms with E-state index in [1.165, 1.54) is 18.2 Å². The topological polar surface area (TPSA) is 80.0 Å². The zero-order valence-corrected chi connectivity index (χ0v) is 15.3. The second-order valence-corrected chi connectivity index (χ2v) is 6.19. The van der Waals surface area contributed by atoms with E-state index < -0.39 is 11.7 Å². The maximum absolute atomic E-state index is 13.9. The molecule has 0 fully saturated rings. The number of nitrogens with one attached hydrogen (secondary N) is 2. The number of nitrogens with zero attached hydrogens (tertiary/aromatic N) is 2. The van der Waals surface area contributed by atoms with Gasteiger partial charge in [0.05, 0.1) is 18.5 Å². The highest BCUT2D eigenvalue weighted by molar-refractivity contribution is 6.03. The van der Waals surface area contributed by atoms with Gasteiger partial charge in [-0.3, -0.25) is 4.79 Å². The SMILES string of the molecule is O=C(Nc1ccccc1F)c1cc(NCc2ccco2)nc(-c2ccccc2)n1. The first-order valence-electron chi connectivity index (χ1n) is 8.96. The summed E-state index contributed by atoms with van der Waals surface area (Å²) in [5.74, 6) is 0.509. The number of para-hydroxylation sites is 1. The minimum absolute atomic E-state index is 0.0856. The Kier molecular flexibility index (Phi) is 5.29. The Labute approximate surface area is 166 Å². The molecular formula is C22H17FN4O2. The number of hydrogen-bond acceptors (Lipinski definition) is 5. The average Bonchev–Trinajstić information content (AvgIpc) is 3.28. The predicted octanol–water partition coefficient (Wildman–Crippen LogP) is 4.74. The van der Waals surface area contributed by atoms with Gasteiger partial charge in [0.2, 0.25) is 0 Å². The van der Waals surface area contributed by atoms with Crippen LogP contribution in [0, 0.1) is 5.82 Å². The van der Waals surface area contributed by atoms with Crippen LogP contribution < -0.4 is 10.6 Å². The smallest absolute Gasteiger partial charge is 0.274 e. The van der Waals surface area contributed by atoms with Crippen molar-refractivity contribution in [1.29, 1.82) is 0 Å². The number of hydrogen-bond donors (Lipinski definition) is 2. The van der Waals surface area contributed by atoms with E-state index in [9.17, 15) is 9.18 Å². The normalized spacial score (nSPS) is 10.5. The van der Waals surface area contributed by atoms with Gasteiger partial charge < -0.3 is 15.1 Å². The molecule has 2 heterocycles. The molecule has 2 N–H and O–H groups in total. The van der Waals surface area contributed by atoms with Crippen LogP contribution in [0.1, 0.15) is 16.2 Å². The number of carbonyl (C=O) groups is 1. The molecule has 1 amide bonds. The predicted molar refractivity (Wildman–Crippen MR) is 108 cm³/mol. The molecule has 7 heteroatoms. The molecule has 0 radical (unpaired) electrons. The van der Waals surface area contributed by atoms with Crippen LogP contribution in [0.5, 0.6) is 0 Å². The molecule has 4 rings (SSSR count). The average molecular weight is 388 g/mol. The molecule has 4 aromatic rings. The molecule has 0 aliphatic rings. The molecule has 0 saturated heterocycles. The zero-order valence-electron chi connectivity index (χ0n) is 15.3. The molecule has 0 aliphatic heterocycles. The Hall–Kier alpha value is -4.00. The highest BCUT2D eigenvalue weighted by Crippen LogP contribution is 2.20. The zero-order chi connectivity index (χ0) is 20.1. The van der Waals surface area contributed by atoms with Gasteiger partial charge in [0.1, 0.15) is 23.1 Å². The highest BCUT2D eigenvalue weighted by Gasteiger charge is 2.15. The first-order valence-corrected chi connectivity index (χ1v) is 8.96. The van der Waals surface area contributed by atoms with E-state index in [4.69, 9.17) is 4.42 Å². The molecule has 29 heavy (non-hydrogen) atoms. The van der Waals surface area contributed by atoms with Gasteiger partial charge in [-0.2, -0.15) is 0 Å². The van der Waals surface area contributed by atoms with Crippen molar-refractivity contribution in [2.45, 2.75) is 6.54 Å². The van der Waals surface area contributed by atoms with Crippen LogP contribution in [-0.2, 0) is 6.54 Å². The third kappa shape index (κ3) is 4.47. The molecule has 0 spiro atoms. The summed E-state index contributed by atoms with van der Waals surface area (Å²) < 4.78 is 19.2. The number of halogens is 1. The fraction of sp³-hybridized carbons (Fsp3) is 0.0455. The summed E-state index contributed by atoms with van der Waals surface area (Å²) in [6.45, 7) is 0.395. The minimum Gasteiger partial charge on any atom is -0.467 e. The van der Waals surface area contributed by atoms with Crippen LogP contribution in [0.25, 0.3) is 11.4 Å². The monoisotopic (exact) mass is 388 g/mol. The molecule has 2 aromatic carbocycles. The van der Waals surface area contributed by atoms with E-state index in [1.54, 1.807) is 24.5 Å². The molecule has 144 valence electrons. The number of rotatable bonds is 6. The molecule has 0 aliphatic carbocycles. The van der Waals surface area contributed by atoms with E-state index in [0.717, 1.165) is 11.3 Å². The third-order valence-electron chi connectivity index (χ3n) is 4.14. The van der Waals surface area contributed by atoms with Crippen molar-refractivity contribution >= 4 is 17.4 Å². The van der Waals surface area contributed by atoms with Crippen LogP contribution in [0.4, 0.5) is 15.9 Å². The molecule has 6 nitrogen and oxygen atoms in total. The molecule has 2 aromatic heterocycles. The minimum atomic E-state index is -0.532. The first-order chi connectivity index (χ1) is 14.2. The van der Waals surface area contributed by atoms with Gasteiger partial charge in [-0.25, -0.2) is 14.4 Å². The van der Waals surface area contributed by atoms with Gasteiger partial charge in [-0.1, -0.05) is 42.5 Å². The lowest BCUT2D eigenvalue weighted by molar-refractivity contribution is 0.102. The maximum atomic E-state index is 13.9. The fourth-order valence-electron chi connectivity index (χ4n) is 2.71. The fourth-order valence-corrected chi connectivity index (χ4v) is 2.71. The lowest BCUT2D eigenvalue weighted by atomic mass is 10.2. The van der Waals surface area contributed by atoms with Crippen molar-refractivity contribution in [3.05, 3.63) is 96.3 Å². The number of carbonyl (C=O) groups excluding carboxylic acids is 1. The summed E-state index contributed by atoms with van der Waals surface area (Å²) in [6.07, 6.45) is 1.58. The van der Waals surface area contributed by atoms with Gasteiger partial charge in [-0.15, -0.1) is 0 Å². The number of aromatic nitrogens is 2. The second-order valence-electron chi connectivity index (χ2n) is 6.19. The Morgan fingerprint density at radius 2 is 1.76 bits per heavy atom. The third-order valence-corrected chi connectivity index (χ3v) is 4.14. The van der Waals surface area contributed by atoms with Gasteiger partial charge in [0.15, 0.2) is 5.82 Å². The number of amides is 1. The summed E-state index contributed by atoms with van der Waals surface area (Å²) in [6, 6.07) is 20.4. The van der Waals surface area contributed by atoms with Crippen LogP contribution in [0.3, 0.4) is 0 Å². The molecule has 0 unspecified atom stereocenters. The standard InChI is InChI=1S/C22H17FN4O2/c23-17-10-4-5-11-18(17)26-22(28)19-13-20(24-14-16-9-6-12-29-16)27-21(25-19)15-7-2-1-3-8-15/h1-13H,14H2,(H,26,28)(H,24,25,27). The molecular weight excluding hydrogens is 371 g/mol. The largest absolute Gasteiger partial charge is 0.467 e. The molecule has 0 saturated carbocycles. The van der Waals surface area contributed by atoms with Crippen molar-refractivity contribution in [3.63, 3.8) is 0 Å². The van der Waals surface area contributed by atoms with Gasteiger partial charge in [-0.05, 0) is 24.3 Å². The van der Waals surface area contributed by atoms with Gasteiger partial charge in [0.25, 0.3) is 5.91 Å². The Morgan fingerprint density at radius 1 is 0.966 bits per heavy atom. The van der Waals surface area contributed by atoms with Gasteiger partial charge >= 0.3 is 0 Å². The molecule has 0 bridgehead atoms. The van der Waals surface area contributed by atoms with Gasteiger partial charge in [0, 0.05) is 11.6 Å². The molecule has 0 atom stereocenters. The second kappa shape index (κ2) is 8.35. The van der Waals surface area contributed by atoms with E-state index in [-0.39, 0.29) is 11.4 Å². The summed E-state index contributed by atoms with van der Waals surface area (Å²) in [4.78, 5) is 21.6. The Morgan fingerprint density at radius 3 is 2.52 bits per heavy atom. The van der Waals surface area contributed by atoms with E-state index in [0.29, 0.717) is 18.2 Å². The summed E-state index contributed by atoms with van der Waals surface area (Å²) >= 11 is 0. The summed E-state index contributed by atoms with van der Waals surface area (Å²) in [7, 11) is 0. The van der Waals surface area contributed by atoms with Crippen molar-refractivity contribution in [2.75, 3.05) is 10.6 Å². The van der Waals surface area contributed by atoms with Crippen LogP contribution in [0.15, 0.2) is 83.5 Å². The van der Waals surface area contributed by atoms with Crippen LogP contribution in [-0.4, -0.2) is 15.9 Å². The van der Waals surface area contributed by atoms with Crippen LogP contribution >= 0.6 is 0 Å². The van der Waals surface area contributed by atoms with E-state index >= 15 is 0 Å². The maximum Gasteiger partial charge on any atom is 0.274 e. The number of benzene rings is 2. The summed E-state index contributed by atoms with van der Waals surface area (Å²) in [5, 5.41) is 5.68. The van der Waals surface area contributed by atoms with E-state index in [1.807, 2.05) is 36.4 Å². The van der Waals surface area contributed by atoms with Crippen molar-refractivity contribution in [1.82, 2.24) is 9.97 Å². The number of anilines is 2. The Bertz CT molecular complexity index is 1110. The van der Waals surface area contributed by atoms with Crippen molar-refractivity contribution in [2.24, 2.45) is 0 Å². The van der Waals surface area contributed by atoms with Crippen molar-refractivity contribution < 1.29 is 13.6 Å². The first kappa shape index (κ1) is 18.4. The summed E-state index contributed by atoms with van der Waals surface area (Å²) in [5.41, 5.74) is 0.959. The van der Waals surface area contributed by atoms with E-state index in [2.05, 4.69) is 20.6 Å².